The van der Waals surface area contributed by atoms with Crippen molar-refractivity contribution in [1.29, 1.82) is 0 Å². The average Bonchev–Trinajstić information content (AvgIpc) is 2.68. The summed E-state index contributed by atoms with van der Waals surface area (Å²) in [4.78, 5) is 0. The SMILES string of the molecule is CCc1nn(CC)c(CC(O)C(OC)OC)c1Cl. The van der Waals surface area contributed by atoms with Crippen molar-refractivity contribution in [3.8, 4) is 0 Å². The molecule has 0 amide bonds. The molecule has 1 atom stereocenters. The van der Waals surface area contributed by atoms with Crippen LogP contribution >= 0.6 is 11.6 Å². The third-order valence-electron chi connectivity index (χ3n) is 2.88. The Morgan fingerprint density at radius 1 is 1.33 bits per heavy atom. The first-order valence-electron chi connectivity index (χ1n) is 6.06. The van der Waals surface area contributed by atoms with Crippen LogP contribution in [0.3, 0.4) is 0 Å². The van der Waals surface area contributed by atoms with Crippen molar-refractivity contribution < 1.29 is 14.6 Å². The second-order valence-corrected chi connectivity index (χ2v) is 4.37. The van der Waals surface area contributed by atoms with Gasteiger partial charge in [0.1, 0.15) is 6.10 Å². The van der Waals surface area contributed by atoms with E-state index in [0.717, 1.165) is 17.8 Å². The number of hydrogen-bond acceptors (Lipinski definition) is 4. The summed E-state index contributed by atoms with van der Waals surface area (Å²) in [6.07, 6.45) is -0.311. The highest BCUT2D eigenvalue weighted by Gasteiger charge is 2.23. The molecular weight excluding hydrogens is 256 g/mol. The Labute approximate surface area is 113 Å². The summed E-state index contributed by atoms with van der Waals surface area (Å²) in [5, 5.41) is 15.1. The third kappa shape index (κ3) is 3.23. The third-order valence-corrected chi connectivity index (χ3v) is 3.31. The maximum absolute atomic E-state index is 10.0. The van der Waals surface area contributed by atoms with Crippen molar-refractivity contribution in [2.75, 3.05) is 14.2 Å². The van der Waals surface area contributed by atoms with Gasteiger partial charge in [-0.25, -0.2) is 0 Å². The number of ether oxygens (including phenoxy) is 2. The van der Waals surface area contributed by atoms with Crippen molar-refractivity contribution in [1.82, 2.24) is 9.78 Å². The van der Waals surface area contributed by atoms with Gasteiger partial charge in [-0.15, -0.1) is 0 Å². The van der Waals surface area contributed by atoms with E-state index in [2.05, 4.69) is 5.10 Å². The zero-order chi connectivity index (χ0) is 13.7. The van der Waals surface area contributed by atoms with E-state index in [4.69, 9.17) is 21.1 Å². The first kappa shape index (κ1) is 15.4. The molecule has 0 fully saturated rings. The Kier molecular flexibility index (Phi) is 6.08. The molecule has 1 aromatic heterocycles. The smallest absolute Gasteiger partial charge is 0.183 e. The van der Waals surface area contributed by atoms with Gasteiger partial charge in [0, 0.05) is 27.2 Å². The van der Waals surface area contributed by atoms with Crippen molar-refractivity contribution in [2.45, 2.75) is 45.6 Å². The van der Waals surface area contributed by atoms with Crippen molar-refractivity contribution in [2.24, 2.45) is 0 Å². The number of nitrogens with zero attached hydrogens (tertiary/aromatic N) is 2. The molecule has 1 heterocycles. The van der Waals surface area contributed by atoms with Gasteiger partial charge in [-0.05, 0) is 13.3 Å². The summed E-state index contributed by atoms with van der Waals surface area (Å²) in [6.45, 7) is 4.71. The van der Waals surface area contributed by atoms with Gasteiger partial charge in [-0.3, -0.25) is 4.68 Å². The number of methoxy groups -OCH3 is 2. The lowest BCUT2D eigenvalue weighted by Gasteiger charge is -2.20. The number of aliphatic hydroxyl groups is 1. The summed E-state index contributed by atoms with van der Waals surface area (Å²) in [7, 11) is 2.99. The molecule has 1 unspecified atom stereocenters. The van der Waals surface area contributed by atoms with Gasteiger partial charge in [0.05, 0.1) is 16.4 Å². The number of aliphatic hydroxyl groups excluding tert-OH is 1. The molecule has 0 saturated heterocycles. The molecule has 6 heteroatoms. The predicted octanol–water partition coefficient (Wildman–Crippen LogP) is 1.64. The molecular formula is C12H21ClN2O3. The number of aryl methyl sites for hydroxylation is 2. The molecule has 0 aliphatic rings. The molecule has 0 bridgehead atoms. The molecule has 0 saturated carbocycles. The highest BCUT2D eigenvalue weighted by molar-refractivity contribution is 6.31. The number of hydrogen-bond donors (Lipinski definition) is 1. The Bertz CT molecular complexity index is 378. The largest absolute Gasteiger partial charge is 0.387 e. The van der Waals surface area contributed by atoms with E-state index in [1.165, 1.54) is 14.2 Å². The monoisotopic (exact) mass is 276 g/mol. The Balaban J connectivity index is 2.92. The van der Waals surface area contributed by atoms with Crippen LogP contribution in [0.15, 0.2) is 0 Å². The Hall–Kier alpha value is -0.620. The Morgan fingerprint density at radius 2 is 1.94 bits per heavy atom. The maximum atomic E-state index is 10.0. The van der Waals surface area contributed by atoms with Crippen LogP contribution in [-0.2, 0) is 28.9 Å². The van der Waals surface area contributed by atoms with E-state index in [1.54, 1.807) is 0 Å². The molecule has 0 aromatic carbocycles. The molecule has 0 aliphatic heterocycles. The van der Waals surface area contributed by atoms with Crippen LogP contribution in [0.5, 0.6) is 0 Å². The number of halogens is 1. The molecule has 0 aliphatic carbocycles. The van der Waals surface area contributed by atoms with E-state index in [1.807, 2.05) is 18.5 Å². The summed E-state index contributed by atoms with van der Waals surface area (Å²) in [6, 6.07) is 0. The van der Waals surface area contributed by atoms with Gasteiger partial charge in [0.25, 0.3) is 0 Å². The van der Waals surface area contributed by atoms with Crippen LogP contribution in [0.25, 0.3) is 0 Å². The highest BCUT2D eigenvalue weighted by atomic mass is 35.5. The second-order valence-electron chi connectivity index (χ2n) is 3.99. The maximum Gasteiger partial charge on any atom is 0.183 e. The first-order chi connectivity index (χ1) is 8.58. The lowest BCUT2D eigenvalue weighted by molar-refractivity contribution is -0.163. The normalized spacial score (nSPS) is 13.3. The minimum atomic E-state index is -0.774. The first-order valence-corrected chi connectivity index (χ1v) is 6.44. The standard InChI is InChI=1S/C12H21ClN2O3/c1-5-8-11(13)9(15(6-2)14-8)7-10(16)12(17-3)18-4/h10,12,16H,5-7H2,1-4H3. The summed E-state index contributed by atoms with van der Waals surface area (Å²) in [5.41, 5.74) is 1.68. The minimum Gasteiger partial charge on any atom is -0.387 e. The summed E-state index contributed by atoms with van der Waals surface area (Å²) >= 11 is 6.27. The van der Waals surface area contributed by atoms with Crippen LogP contribution < -0.4 is 0 Å². The van der Waals surface area contributed by atoms with Gasteiger partial charge in [-0.1, -0.05) is 18.5 Å². The average molecular weight is 277 g/mol. The highest BCUT2D eigenvalue weighted by Crippen LogP contribution is 2.23. The van der Waals surface area contributed by atoms with Crippen molar-refractivity contribution >= 4 is 11.6 Å². The molecule has 1 aromatic rings. The summed E-state index contributed by atoms with van der Waals surface area (Å²) < 4.78 is 11.9. The zero-order valence-corrected chi connectivity index (χ0v) is 12.1. The number of rotatable bonds is 7. The molecule has 0 spiro atoms. The quantitative estimate of drug-likeness (QED) is 0.769. The lowest BCUT2D eigenvalue weighted by atomic mass is 10.1. The van der Waals surface area contributed by atoms with Crippen LogP contribution in [0.1, 0.15) is 25.2 Å². The molecule has 1 rings (SSSR count). The fourth-order valence-corrected chi connectivity index (χ4v) is 2.26. The van der Waals surface area contributed by atoms with E-state index < -0.39 is 12.4 Å². The topological polar surface area (TPSA) is 56.5 Å². The van der Waals surface area contributed by atoms with Crippen molar-refractivity contribution in [3.63, 3.8) is 0 Å². The molecule has 104 valence electrons. The van der Waals surface area contributed by atoms with Gasteiger partial charge >= 0.3 is 0 Å². The van der Waals surface area contributed by atoms with Crippen LogP contribution in [0.4, 0.5) is 0 Å². The van der Waals surface area contributed by atoms with E-state index in [9.17, 15) is 5.11 Å². The molecule has 1 N–H and O–H groups in total. The van der Waals surface area contributed by atoms with Crippen LogP contribution in [0.2, 0.25) is 5.02 Å². The lowest BCUT2D eigenvalue weighted by Crippen LogP contribution is -2.32. The fraction of sp³-hybridized carbons (Fsp3) is 0.750. The fourth-order valence-electron chi connectivity index (χ4n) is 1.92. The second kappa shape index (κ2) is 7.09. The van der Waals surface area contributed by atoms with E-state index in [0.29, 0.717) is 18.0 Å². The van der Waals surface area contributed by atoms with Crippen LogP contribution in [-0.4, -0.2) is 41.5 Å². The van der Waals surface area contributed by atoms with Gasteiger partial charge < -0.3 is 14.6 Å². The Morgan fingerprint density at radius 3 is 2.39 bits per heavy atom. The predicted molar refractivity (Wildman–Crippen MR) is 69.8 cm³/mol. The molecule has 0 radical (unpaired) electrons. The zero-order valence-electron chi connectivity index (χ0n) is 11.3. The minimum absolute atomic E-state index is 0.353. The number of aromatic nitrogens is 2. The van der Waals surface area contributed by atoms with Gasteiger partial charge in [0.15, 0.2) is 6.29 Å². The van der Waals surface area contributed by atoms with E-state index >= 15 is 0 Å². The van der Waals surface area contributed by atoms with Gasteiger partial charge in [0.2, 0.25) is 0 Å². The molecule has 18 heavy (non-hydrogen) atoms. The van der Waals surface area contributed by atoms with E-state index in [-0.39, 0.29) is 0 Å². The van der Waals surface area contributed by atoms with Gasteiger partial charge in [-0.2, -0.15) is 5.10 Å². The summed E-state index contributed by atoms with van der Waals surface area (Å²) in [5.74, 6) is 0. The molecule has 5 nitrogen and oxygen atoms in total. The van der Waals surface area contributed by atoms with Crippen molar-refractivity contribution in [3.05, 3.63) is 16.4 Å². The van der Waals surface area contributed by atoms with Crippen LogP contribution in [0, 0.1) is 0 Å².